The summed E-state index contributed by atoms with van der Waals surface area (Å²) in [5, 5.41) is 0. The molecule has 0 aliphatic rings. The number of halogens is 3. The maximum Gasteiger partial charge on any atom is 0.416 e. The average molecular weight is 276 g/mol. The molecule has 1 rings (SSSR count). The van der Waals surface area contributed by atoms with Crippen molar-refractivity contribution in [1.29, 1.82) is 0 Å². The largest absolute Gasteiger partial charge is 0.416 e. The maximum atomic E-state index is 12.6. The van der Waals surface area contributed by atoms with Gasteiger partial charge in [-0.2, -0.15) is 13.2 Å². The van der Waals surface area contributed by atoms with Gasteiger partial charge in [-0.1, -0.05) is 6.07 Å². The van der Waals surface area contributed by atoms with Gasteiger partial charge in [0.15, 0.2) is 0 Å². The van der Waals surface area contributed by atoms with Gasteiger partial charge < -0.3 is 9.64 Å². The summed E-state index contributed by atoms with van der Waals surface area (Å²) in [6.45, 7) is -0.127. The van der Waals surface area contributed by atoms with Crippen LogP contribution in [0.15, 0.2) is 24.3 Å². The Labute approximate surface area is 109 Å². The van der Waals surface area contributed by atoms with Gasteiger partial charge in [0.05, 0.1) is 5.56 Å². The monoisotopic (exact) mass is 276 g/mol. The van der Waals surface area contributed by atoms with Crippen LogP contribution in [0.25, 0.3) is 0 Å². The second kappa shape index (κ2) is 5.92. The maximum absolute atomic E-state index is 12.6. The van der Waals surface area contributed by atoms with Crippen molar-refractivity contribution in [2.24, 2.45) is 0 Å². The van der Waals surface area contributed by atoms with E-state index in [1.807, 2.05) is 0 Å². The molecule has 106 valence electrons. The number of hydrogen-bond donors (Lipinski definition) is 0. The molecule has 0 heterocycles. The van der Waals surface area contributed by atoms with E-state index in [1.54, 1.807) is 0 Å². The minimum absolute atomic E-state index is 0.127. The highest BCUT2D eigenvalue weighted by Gasteiger charge is 2.31. The molecule has 0 unspecified atom stereocenters. The standard InChI is InChI=1S/C12H15F3N2O2/c1-16(2)11(18)17(8-19-3)10-6-4-5-9(7-10)12(13,14)15/h4-7H,8H2,1-3H3. The van der Waals surface area contributed by atoms with E-state index < -0.39 is 17.8 Å². The fourth-order valence-electron chi connectivity index (χ4n) is 1.46. The number of carbonyl (C=O) groups excluding carboxylic acids is 1. The predicted molar refractivity (Wildman–Crippen MR) is 64.9 cm³/mol. The van der Waals surface area contributed by atoms with Gasteiger partial charge in [0, 0.05) is 26.9 Å². The summed E-state index contributed by atoms with van der Waals surface area (Å²) >= 11 is 0. The van der Waals surface area contributed by atoms with Crippen molar-refractivity contribution in [3.63, 3.8) is 0 Å². The highest BCUT2D eigenvalue weighted by molar-refractivity contribution is 5.91. The van der Waals surface area contributed by atoms with Gasteiger partial charge in [0.25, 0.3) is 0 Å². The van der Waals surface area contributed by atoms with Crippen molar-refractivity contribution in [3.8, 4) is 0 Å². The number of benzene rings is 1. The number of hydrogen-bond acceptors (Lipinski definition) is 2. The average Bonchev–Trinajstić information content (AvgIpc) is 2.34. The third kappa shape index (κ3) is 3.85. The second-order valence-corrected chi connectivity index (χ2v) is 4.07. The molecule has 0 bridgehead atoms. The Morgan fingerprint density at radius 1 is 1.32 bits per heavy atom. The molecule has 0 saturated heterocycles. The van der Waals surface area contributed by atoms with E-state index >= 15 is 0 Å². The minimum atomic E-state index is -4.45. The van der Waals surface area contributed by atoms with Crippen LogP contribution in [-0.2, 0) is 10.9 Å². The minimum Gasteiger partial charge on any atom is -0.364 e. The first kappa shape index (κ1) is 15.3. The summed E-state index contributed by atoms with van der Waals surface area (Å²) in [7, 11) is 4.39. The molecule has 0 aromatic heterocycles. The van der Waals surface area contributed by atoms with Crippen LogP contribution >= 0.6 is 0 Å². The third-order valence-electron chi connectivity index (χ3n) is 2.36. The molecule has 4 nitrogen and oxygen atoms in total. The lowest BCUT2D eigenvalue weighted by molar-refractivity contribution is -0.137. The van der Waals surface area contributed by atoms with Crippen LogP contribution in [0.2, 0.25) is 0 Å². The van der Waals surface area contributed by atoms with E-state index in [0.29, 0.717) is 0 Å². The number of alkyl halides is 3. The molecule has 19 heavy (non-hydrogen) atoms. The Balaban J connectivity index is 3.13. The van der Waals surface area contributed by atoms with Crippen molar-refractivity contribution >= 4 is 11.7 Å². The van der Waals surface area contributed by atoms with Crippen LogP contribution in [0.5, 0.6) is 0 Å². The summed E-state index contributed by atoms with van der Waals surface area (Å²) in [5.41, 5.74) is -0.673. The van der Waals surface area contributed by atoms with Crippen LogP contribution in [0.1, 0.15) is 5.56 Å². The summed E-state index contributed by atoms with van der Waals surface area (Å²) in [4.78, 5) is 14.3. The number of urea groups is 1. The molecule has 1 aromatic carbocycles. The normalized spacial score (nSPS) is 11.3. The summed E-state index contributed by atoms with van der Waals surface area (Å²) in [5.74, 6) is 0. The van der Waals surface area contributed by atoms with Gasteiger partial charge in [-0.25, -0.2) is 4.79 Å². The Kier molecular flexibility index (Phi) is 4.77. The lowest BCUT2D eigenvalue weighted by Crippen LogP contribution is -2.40. The molecule has 0 radical (unpaired) electrons. The first-order valence-corrected chi connectivity index (χ1v) is 5.42. The van der Waals surface area contributed by atoms with Gasteiger partial charge in [-0.15, -0.1) is 0 Å². The summed E-state index contributed by atoms with van der Waals surface area (Å²) < 4.78 is 42.7. The summed E-state index contributed by atoms with van der Waals surface area (Å²) in [6, 6.07) is 4.09. The molecule has 0 N–H and O–H groups in total. The molecule has 0 aliphatic carbocycles. The zero-order valence-corrected chi connectivity index (χ0v) is 10.9. The molecular weight excluding hydrogens is 261 g/mol. The van der Waals surface area contributed by atoms with Crippen molar-refractivity contribution < 1.29 is 22.7 Å². The van der Waals surface area contributed by atoms with Crippen LogP contribution in [0.3, 0.4) is 0 Å². The molecule has 7 heteroatoms. The number of ether oxygens (including phenoxy) is 1. The Morgan fingerprint density at radius 2 is 1.95 bits per heavy atom. The Morgan fingerprint density at radius 3 is 2.42 bits per heavy atom. The smallest absolute Gasteiger partial charge is 0.364 e. The molecule has 0 aliphatic heterocycles. The summed E-state index contributed by atoms with van der Waals surface area (Å²) in [6.07, 6.45) is -4.45. The van der Waals surface area contributed by atoms with Crippen molar-refractivity contribution in [3.05, 3.63) is 29.8 Å². The number of anilines is 1. The molecule has 0 spiro atoms. The first-order chi connectivity index (χ1) is 8.77. The SMILES string of the molecule is COCN(C(=O)N(C)C)c1cccc(C(F)(F)F)c1. The van der Waals surface area contributed by atoms with Gasteiger partial charge >= 0.3 is 12.2 Å². The quantitative estimate of drug-likeness (QED) is 0.795. The highest BCUT2D eigenvalue weighted by atomic mass is 19.4. The van der Waals surface area contributed by atoms with Crippen molar-refractivity contribution in [1.82, 2.24) is 4.90 Å². The second-order valence-electron chi connectivity index (χ2n) is 4.07. The van der Waals surface area contributed by atoms with E-state index in [2.05, 4.69) is 0 Å². The Hall–Kier alpha value is -1.76. The molecule has 2 amide bonds. The van der Waals surface area contributed by atoms with Gasteiger partial charge in [-0.3, -0.25) is 4.90 Å². The lowest BCUT2D eigenvalue weighted by Gasteiger charge is -2.25. The Bertz CT molecular complexity index is 447. The fourth-order valence-corrected chi connectivity index (χ4v) is 1.46. The van der Waals surface area contributed by atoms with E-state index in [-0.39, 0.29) is 12.4 Å². The third-order valence-corrected chi connectivity index (χ3v) is 2.36. The first-order valence-electron chi connectivity index (χ1n) is 5.42. The van der Waals surface area contributed by atoms with Gasteiger partial charge in [-0.05, 0) is 18.2 Å². The number of rotatable bonds is 3. The highest BCUT2D eigenvalue weighted by Crippen LogP contribution is 2.31. The predicted octanol–water partition coefficient (Wildman–Crippen LogP) is 2.80. The number of amides is 2. The molecule has 0 atom stereocenters. The van der Waals surface area contributed by atoms with Crippen LogP contribution in [0.4, 0.5) is 23.7 Å². The fraction of sp³-hybridized carbons (Fsp3) is 0.417. The van der Waals surface area contributed by atoms with Crippen molar-refractivity contribution in [2.45, 2.75) is 6.18 Å². The van der Waals surface area contributed by atoms with Crippen LogP contribution < -0.4 is 4.90 Å². The molecule has 0 fully saturated rings. The zero-order valence-electron chi connectivity index (χ0n) is 10.9. The lowest BCUT2D eigenvalue weighted by atomic mass is 10.2. The topological polar surface area (TPSA) is 32.8 Å². The molecule has 1 aromatic rings. The van der Waals surface area contributed by atoms with E-state index in [9.17, 15) is 18.0 Å². The van der Waals surface area contributed by atoms with Gasteiger partial charge in [0.2, 0.25) is 0 Å². The van der Waals surface area contributed by atoms with Crippen molar-refractivity contribution in [2.75, 3.05) is 32.8 Å². The van der Waals surface area contributed by atoms with E-state index in [4.69, 9.17) is 4.74 Å². The van der Waals surface area contributed by atoms with Crippen LogP contribution in [0, 0.1) is 0 Å². The number of carbonyl (C=O) groups is 1. The zero-order chi connectivity index (χ0) is 14.6. The van der Waals surface area contributed by atoms with Gasteiger partial charge in [0.1, 0.15) is 6.73 Å². The van der Waals surface area contributed by atoms with E-state index in [0.717, 1.165) is 17.0 Å². The number of methoxy groups -OCH3 is 1. The molecular formula is C12H15F3N2O2. The van der Waals surface area contributed by atoms with Crippen LogP contribution in [-0.4, -0.2) is 38.9 Å². The number of nitrogens with zero attached hydrogens (tertiary/aromatic N) is 2. The van der Waals surface area contributed by atoms with E-state index in [1.165, 1.54) is 38.2 Å². The molecule has 0 saturated carbocycles.